The van der Waals surface area contributed by atoms with E-state index in [1.54, 1.807) is 13.8 Å². The van der Waals surface area contributed by atoms with E-state index in [0.29, 0.717) is 0 Å². The highest BCUT2D eigenvalue weighted by Gasteiger charge is 2.23. The predicted octanol–water partition coefficient (Wildman–Crippen LogP) is 1.39. The molecule has 0 fully saturated rings. The summed E-state index contributed by atoms with van der Waals surface area (Å²) < 4.78 is 4.68. The third-order valence-corrected chi connectivity index (χ3v) is 3.32. The van der Waals surface area contributed by atoms with Gasteiger partial charge in [0.1, 0.15) is 0 Å². The summed E-state index contributed by atoms with van der Waals surface area (Å²) in [5, 5.41) is 2.86. The van der Waals surface area contributed by atoms with Gasteiger partial charge < -0.3 is 15.8 Å². The lowest BCUT2D eigenvalue weighted by Crippen LogP contribution is -2.40. The van der Waals surface area contributed by atoms with E-state index < -0.39 is 6.04 Å². The molecule has 20 heavy (non-hydrogen) atoms. The lowest BCUT2D eigenvalue weighted by molar-refractivity contribution is -0.141. The van der Waals surface area contributed by atoms with E-state index in [-0.39, 0.29) is 30.3 Å². The summed E-state index contributed by atoms with van der Waals surface area (Å²) in [5.74, 6) is -0.857. The van der Waals surface area contributed by atoms with Gasteiger partial charge in [-0.25, -0.2) is 0 Å². The number of hydrogen-bond donors (Lipinski definition) is 2. The molecule has 0 aliphatic rings. The van der Waals surface area contributed by atoms with Crippen molar-refractivity contribution in [2.75, 3.05) is 7.11 Å². The topological polar surface area (TPSA) is 81.4 Å². The number of benzene rings is 1. The van der Waals surface area contributed by atoms with Crippen LogP contribution in [-0.2, 0) is 14.3 Å². The SMILES string of the molecule is COC(=O)CC(NC(=O)C(C)C(C)N)c1ccccc1. The first-order chi connectivity index (χ1) is 9.45. The van der Waals surface area contributed by atoms with Crippen LogP contribution in [0.4, 0.5) is 0 Å². The zero-order chi connectivity index (χ0) is 15.1. The number of carbonyl (C=O) groups is 2. The fourth-order valence-electron chi connectivity index (χ4n) is 1.73. The summed E-state index contributed by atoms with van der Waals surface area (Å²) in [6.45, 7) is 3.54. The Morgan fingerprint density at radius 3 is 2.35 bits per heavy atom. The first-order valence-corrected chi connectivity index (χ1v) is 6.63. The number of ether oxygens (including phenoxy) is 1. The fraction of sp³-hybridized carbons (Fsp3) is 0.467. The highest BCUT2D eigenvalue weighted by molar-refractivity contribution is 5.80. The molecule has 0 aromatic heterocycles. The van der Waals surface area contributed by atoms with Crippen molar-refractivity contribution in [3.63, 3.8) is 0 Å². The van der Waals surface area contributed by atoms with Gasteiger partial charge in [0.05, 0.1) is 19.6 Å². The quantitative estimate of drug-likeness (QED) is 0.770. The molecule has 3 unspecified atom stereocenters. The average Bonchev–Trinajstić information content (AvgIpc) is 2.46. The van der Waals surface area contributed by atoms with E-state index in [0.717, 1.165) is 5.56 Å². The van der Waals surface area contributed by atoms with Crippen LogP contribution >= 0.6 is 0 Å². The molecular weight excluding hydrogens is 256 g/mol. The number of nitrogens with two attached hydrogens (primary N) is 1. The van der Waals surface area contributed by atoms with Gasteiger partial charge in [0, 0.05) is 12.0 Å². The zero-order valence-electron chi connectivity index (χ0n) is 12.1. The van der Waals surface area contributed by atoms with E-state index in [4.69, 9.17) is 5.73 Å². The lowest BCUT2D eigenvalue weighted by atomic mass is 10.00. The maximum atomic E-state index is 12.1. The molecule has 5 nitrogen and oxygen atoms in total. The van der Waals surface area contributed by atoms with Gasteiger partial charge in [0.2, 0.25) is 5.91 Å². The van der Waals surface area contributed by atoms with Gasteiger partial charge in [-0.15, -0.1) is 0 Å². The molecule has 3 N–H and O–H groups in total. The molecule has 110 valence electrons. The van der Waals surface area contributed by atoms with Gasteiger partial charge in [-0.2, -0.15) is 0 Å². The van der Waals surface area contributed by atoms with E-state index in [9.17, 15) is 9.59 Å². The minimum absolute atomic E-state index is 0.0952. The van der Waals surface area contributed by atoms with Crippen LogP contribution in [0.15, 0.2) is 30.3 Å². The van der Waals surface area contributed by atoms with Gasteiger partial charge in [-0.1, -0.05) is 37.3 Å². The van der Waals surface area contributed by atoms with Crippen LogP contribution in [0.1, 0.15) is 31.9 Å². The first kappa shape index (κ1) is 16.2. The number of nitrogens with one attached hydrogen (secondary N) is 1. The first-order valence-electron chi connectivity index (χ1n) is 6.63. The maximum Gasteiger partial charge on any atom is 0.307 e. The van der Waals surface area contributed by atoms with Crippen molar-refractivity contribution in [1.82, 2.24) is 5.32 Å². The second-order valence-electron chi connectivity index (χ2n) is 4.90. The number of esters is 1. The normalized spacial score (nSPS) is 15.0. The number of hydrogen-bond acceptors (Lipinski definition) is 4. The van der Waals surface area contributed by atoms with Crippen LogP contribution in [0.5, 0.6) is 0 Å². The van der Waals surface area contributed by atoms with Crippen LogP contribution in [0, 0.1) is 5.92 Å². The molecule has 1 aromatic rings. The van der Waals surface area contributed by atoms with E-state index in [2.05, 4.69) is 10.1 Å². The summed E-state index contributed by atoms with van der Waals surface area (Å²) in [7, 11) is 1.33. The van der Waals surface area contributed by atoms with Crippen molar-refractivity contribution in [2.24, 2.45) is 11.7 Å². The molecule has 0 aliphatic heterocycles. The number of amides is 1. The van der Waals surface area contributed by atoms with Gasteiger partial charge in [0.25, 0.3) is 0 Å². The minimum atomic E-state index is -0.405. The Balaban J connectivity index is 2.83. The molecule has 1 rings (SSSR count). The molecule has 3 atom stereocenters. The molecule has 0 heterocycles. The molecule has 0 aliphatic carbocycles. The van der Waals surface area contributed by atoms with Crippen molar-refractivity contribution < 1.29 is 14.3 Å². The van der Waals surface area contributed by atoms with Crippen molar-refractivity contribution in [3.05, 3.63) is 35.9 Å². The highest BCUT2D eigenvalue weighted by Crippen LogP contribution is 2.18. The number of methoxy groups -OCH3 is 1. The number of rotatable bonds is 6. The molecule has 0 radical (unpaired) electrons. The predicted molar refractivity (Wildman–Crippen MR) is 76.8 cm³/mol. The Bertz CT molecular complexity index is 446. The summed E-state index contributed by atoms with van der Waals surface area (Å²) in [6.07, 6.45) is 0.0952. The summed E-state index contributed by atoms with van der Waals surface area (Å²) in [6, 6.07) is 8.68. The van der Waals surface area contributed by atoms with E-state index >= 15 is 0 Å². The van der Waals surface area contributed by atoms with Crippen LogP contribution in [0.25, 0.3) is 0 Å². The van der Waals surface area contributed by atoms with Gasteiger partial charge in [-0.3, -0.25) is 9.59 Å². The molecule has 0 bridgehead atoms. The summed E-state index contributed by atoms with van der Waals surface area (Å²) in [4.78, 5) is 23.6. The minimum Gasteiger partial charge on any atom is -0.469 e. The zero-order valence-corrected chi connectivity index (χ0v) is 12.1. The van der Waals surface area contributed by atoms with Crippen LogP contribution < -0.4 is 11.1 Å². The van der Waals surface area contributed by atoms with Crippen LogP contribution in [-0.4, -0.2) is 25.0 Å². The standard InChI is InChI=1S/C15H22N2O3/c1-10(11(2)16)15(19)17-13(9-14(18)20-3)12-7-5-4-6-8-12/h4-8,10-11,13H,9,16H2,1-3H3,(H,17,19). The number of carbonyl (C=O) groups excluding carboxylic acids is 2. The Hall–Kier alpha value is -1.88. The molecule has 0 spiro atoms. The monoisotopic (exact) mass is 278 g/mol. The van der Waals surface area contributed by atoms with Crippen LogP contribution in [0.2, 0.25) is 0 Å². The lowest BCUT2D eigenvalue weighted by Gasteiger charge is -2.22. The Kier molecular flexibility index (Phi) is 6.18. The van der Waals surface area contributed by atoms with Crippen molar-refractivity contribution in [1.29, 1.82) is 0 Å². The smallest absolute Gasteiger partial charge is 0.307 e. The van der Waals surface area contributed by atoms with Crippen molar-refractivity contribution in [3.8, 4) is 0 Å². The molecule has 0 saturated carbocycles. The Morgan fingerprint density at radius 2 is 1.85 bits per heavy atom. The van der Waals surface area contributed by atoms with Gasteiger partial charge >= 0.3 is 5.97 Å². The van der Waals surface area contributed by atoms with Gasteiger partial charge in [-0.05, 0) is 12.5 Å². The second-order valence-corrected chi connectivity index (χ2v) is 4.90. The van der Waals surface area contributed by atoms with Crippen LogP contribution in [0.3, 0.4) is 0 Å². The van der Waals surface area contributed by atoms with Crippen molar-refractivity contribution in [2.45, 2.75) is 32.4 Å². The molecule has 0 saturated heterocycles. The van der Waals surface area contributed by atoms with Crippen molar-refractivity contribution >= 4 is 11.9 Å². The molecular formula is C15H22N2O3. The third-order valence-electron chi connectivity index (χ3n) is 3.32. The molecule has 5 heteroatoms. The summed E-state index contributed by atoms with van der Waals surface area (Å²) >= 11 is 0. The largest absolute Gasteiger partial charge is 0.469 e. The Labute approximate surface area is 119 Å². The average molecular weight is 278 g/mol. The Morgan fingerprint density at radius 1 is 1.25 bits per heavy atom. The van der Waals surface area contributed by atoms with E-state index in [1.165, 1.54) is 7.11 Å². The highest BCUT2D eigenvalue weighted by atomic mass is 16.5. The van der Waals surface area contributed by atoms with Gasteiger partial charge in [0.15, 0.2) is 0 Å². The summed E-state index contributed by atoms with van der Waals surface area (Å²) in [5.41, 5.74) is 6.59. The second kappa shape index (κ2) is 7.65. The fourth-order valence-corrected chi connectivity index (χ4v) is 1.73. The third kappa shape index (κ3) is 4.66. The molecule has 1 aromatic carbocycles. The van der Waals surface area contributed by atoms with E-state index in [1.807, 2.05) is 30.3 Å². The maximum absolute atomic E-state index is 12.1. The molecule has 1 amide bonds.